The Balaban J connectivity index is 2.42. The van der Waals surface area contributed by atoms with E-state index >= 15 is 0 Å². The highest BCUT2D eigenvalue weighted by molar-refractivity contribution is 6.39. The number of aliphatic carboxylic acids is 1. The van der Waals surface area contributed by atoms with Gasteiger partial charge in [-0.15, -0.1) is 0 Å². The fourth-order valence-electron chi connectivity index (χ4n) is 2.78. The van der Waals surface area contributed by atoms with Crippen LogP contribution in [0.2, 0.25) is 10.0 Å². The molecule has 0 saturated carbocycles. The van der Waals surface area contributed by atoms with Gasteiger partial charge in [0.05, 0.1) is 15.7 Å². The molecule has 3 N–H and O–H groups in total. The summed E-state index contributed by atoms with van der Waals surface area (Å²) >= 11 is 11.9. The summed E-state index contributed by atoms with van der Waals surface area (Å²) in [6, 6.07) is 2.84. The summed E-state index contributed by atoms with van der Waals surface area (Å²) in [4.78, 5) is 25.7. The molecule has 2 rings (SSSR count). The summed E-state index contributed by atoms with van der Waals surface area (Å²) in [5.41, 5.74) is 4.95. The molecule has 7 heteroatoms. The van der Waals surface area contributed by atoms with Gasteiger partial charge in [0.1, 0.15) is 5.54 Å². The SMILES string of the molecule is CCC1(C(=O)O)CCCN1C(=O)c1cc(Cl)c(N)c(Cl)c1. The number of rotatable bonds is 3. The summed E-state index contributed by atoms with van der Waals surface area (Å²) < 4.78 is 0. The van der Waals surface area contributed by atoms with Crippen molar-refractivity contribution in [2.24, 2.45) is 0 Å². The fraction of sp³-hybridized carbons (Fsp3) is 0.429. The van der Waals surface area contributed by atoms with Crippen LogP contribution in [0.5, 0.6) is 0 Å². The molecule has 1 fully saturated rings. The number of anilines is 1. The van der Waals surface area contributed by atoms with Gasteiger partial charge in [0.2, 0.25) is 0 Å². The van der Waals surface area contributed by atoms with Gasteiger partial charge in [0.25, 0.3) is 5.91 Å². The van der Waals surface area contributed by atoms with E-state index in [9.17, 15) is 14.7 Å². The number of halogens is 2. The molecule has 21 heavy (non-hydrogen) atoms. The lowest BCUT2D eigenvalue weighted by Gasteiger charge is -2.34. The molecular formula is C14H16Cl2N2O3. The van der Waals surface area contributed by atoms with Crippen molar-refractivity contribution in [1.29, 1.82) is 0 Å². The van der Waals surface area contributed by atoms with E-state index in [4.69, 9.17) is 28.9 Å². The Hall–Kier alpha value is -1.46. The molecule has 1 aliphatic heterocycles. The fourth-order valence-corrected chi connectivity index (χ4v) is 3.27. The number of hydrogen-bond donors (Lipinski definition) is 2. The molecule has 1 aliphatic rings. The van der Waals surface area contributed by atoms with Gasteiger partial charge in [-0.2, -0.15) is 0 Å². The van der Waals surface area contributed by atoms with Crippen LogP contribution in [0, 0.1) is 0 Å². The number of carboxylic acid groups (broad SMARTS) is 1. The first-order chi connectivity index (χ1) is 9.83. The molecule has 0 aromatic heterocycles. The molecule has 1 unspecified atom stereocenters. The summed E-state index contributed by atoms with van der Waals surface area (Å²) in [6.07, 6.45) is 1.45. The molecule has 1 aromatic carbocycles. The van der Waals surface area contributed by atoms with Gasteiger partial charge >= 0.3 is 5.97 Å². The first-order valence-corrected chi connectivity index (χ1v) is 7.39. The molecule has 1 heterocycles. The molecule has 0 spiro atoms. The van der Waals surface area contributed by atoms with Crippen LogP contribution in [-0.2, 0) is 4.79 Å². The van der Waals surface area contributed by atoms with Crippen LogP contribution >= 0.6 is 23.2 Å². The minimum absolute atomic E-state index is 0.183. The van der Waals surface area contributed by atoms with Crippen LogP contribution in [0.3, 0.4) is 0 Å². The number of likely N-dealkylation sites (tertiary alicyclic amines) is 1. The Morgan fingerprint density at radius 3 is 2.43 bits per heavy atom. The monoisotopic (exact) mass is 330 g/mol. The van der Waals surface area contributed by atoms with Crippen molar-refractivity contribution in [3.8, 4) is 0 Å². The van der Waals surface area contributed by atoms with Crippen molar-refractivity contribution in [3.63, 3.8) is 0 Å². The second-order valence-electron chi connectivity index (χ2n) is 5.10. The van der Waals surface area contributed by atoms with Crippen LogP contribution in [0.15, 0.2) is 12.1 Å². The smallest absolute Gasteiger partial charge is 0.329 e. The number of carbonyl (C=O) groups excluding carboxylic acids is 1. The predicted octanol–water partition coefficient (Wildman–Crippen LogP) is 3.05. The minimum atomic E-state index is -1.16. The van der Waals surface area contributed by atoms with Crippen molar-refractivity contribution < 1.29 is 14.7 Å². The Kier molecular flexibility index (Phi) is 4.35. The van der Waals surface area contributed by atoms with Crippen molar-refractivity contribution in [3.05, 3.63) is 27.7 Å². The second kappa shape index (κ2) is 5.73. The molecule has 1 amide bonds. The molecule has 0 radical (unpaired) electrons. The molecule has 0 aliphatic carbocycles. The van der Waals surface area contributed by atoms with E-state index in [-0.39, 0.29) is 27.2 Å². The number of benzene rings is 1. The summed E-state index contributed by atoms with van der Waals surface area (Å²) in [6.45, 7) is 2.17. The number of nitrogens with zero attached hydrogens (tertiary/aromatic N) is 1. The molecule has 0 bridgehead atoms. The zero-order valence-corrected chi connectivity index (χ0v) is 13.0. The van der Waals surface area contributed by atoms with Gasteiger partial charge in [-0.1, -0.05) is 30.1 Å². The third-order valence-electron chi connectivity index (χ3n) is 4.04. The number of amides is 1. The second-order valence-corrected chi connectivity index (χ2v) is 5.92. The summed E-state index contributed by atoms with van der Waals surface area (Å²) in [5.74, 6) is -1.37. The molecule has 5 nitrogen and oxygen atoms in total. The predicted molar refractivity (Wildman–Crippen MR) is 81.8 cm³/mol. The third kappa shape index (κ3) is 2.56. The number of carboxylic acids is 1. The van der Waals surface area contributed by atoms with E-state index in [2.05, 4.69) is 0 Å². The Morgan fingerprint density at radius 1 is 1.38 bits per heavy atom. The average molecular weight is 331 g/mol. The van der Waals surface area contributed by atoms with Crippen molar-refractivity contribution in [1.82, 2.24) is 4.90 Å². The molecule has 1 saturated heterocycles. The molecule has 1 aromatic rings. The van der Waals surface area contributed by atoms with Crippen molar-refractivity contribution >= 4 is 40.8 Å². The standard InChI is InChI=1S/C14H16Cl2N2O3/c1-2-14(13(20)21)4-3-5-18(14)12(19)8-6-9(15)11(17)10(16)7-8/h6-7H,2-5,17H2,1H3,(H,20,21). The molecule has 1 atom stereocenters. The van der Waals surface area contributed by atoms with Gasteiger partial charge in [-0.05, 0) is 31.4 Å². The maximum absolute atomic E-state index is 12.6. The first-order valence-electron chi connectivity index (χ1n) is 6.63. The minimum Gasteiger partial charge on any atom is -0.479 e. The highest BCUT2D eigenvalue weighted by Gasteiger charge is 2.48. The van der Waals surface area contributed by atoms with Gasteiger partial charge in [0, 0.05) is 12.1 Å². The number of hydrogen-bond acceptors (Lipinski definition) is 3. The maximum Gasteiger partial charge on any atom is 0.329 e. The van der Waals surface area contributed by atoms with E-state index in [1.807, 2.05) is 0 Å². The zero-order valence-electron chi connectivity index (χ0n) is 11.5. The highest BCUT2D eigenvalue weighted by atomic mass is 35.5. The van der Waals surface area contributed by atoms with Crippen LogP contribution in [0.4, 0.5) is 5.69 Å². The van der Waals surface area contributed by atoms with Crippen LogP contribution in [-0.4, -0.2) is 34.0 Å². The van der Waals surface area contributed by atoms with Crippen molar-refractivity contribution in [2.75, 3.05) is 12.3 Å². The van der Waals surface area contributed by atoms with E-state index in [1.54, 1.807) is 6.92 Å². The first kappa shape index (κ1) is 15.9. The lowest BCUT2D eigenvalue weighted by Crippen LogP contribution is -2.52. The lowest BCUT2D eigenvalue weighted by atomic mass is 9.92. The number of carbonyl (C=O) groups is 2. The van der Waals surface area contributed by atoms with E-state index in [0.29, 0.717) is 25.8 Å². The molecular weight excluding hydrogens is 315 g/mol. The van der Waals surface area contributed by atoms with Gasteiger partial charge in [0.15, 0.2) is 0 Å². The Morgan fingerprint density at radius 2 is 1.95 bits per heavy atom. The summed E-state index contributed by atoms with van der Waals surface area (Å²) in [5, 5.41) is 9.88. The van der Waals surface area contributed by atoms with E-state index < -0.39 is 11.5 Å². The van der Waals surface area contributed by atoms with Gasteiger partial charge in [-0.3, -0.25) is 4.79 Å². The number of nitrogen functional groups attached to an aromatic ring is 1. The Bertz CT molecular complexity index is 583. The topological polar surface area (TPSA) is 83.6 Å². The number of nitrogens with two attached hydrogens (primary N) is 1. The summed E-state index contributed by atoms with van der Waals surface area (Å²) in [7, 11) is 0. The van der Waals surface area contributed by atoms with Crippen LogP contribution in [0.1, 0.15) is 36.5 Å². The third-order valence-corrected chi connectivity index (χ3v) is 4.67. The quantitative estimate of drug-likeness (QED) is 0.834. The Labute approximate surface area is 132 Å². The van der Waals surface area contributed by atoms with Gasteiger partial charge in [-0.25, -0.2) is 4.79 Å². The van der Waals surface area contributed by atoms with Crippen molar-refractivity contribution in [2.45, 2.75) is 31.7 Å². The highest BCUT2D eigenvalue weighted by Crippen LogP contribution is 2.36. The van der Waals surface area contributed by atoms with Crippen LogP contribution in [0.25, 0.3) is 0 Å². The zero-order chi connectivity index (χ0) is 15.8. The normalized spacial score (nSPS) is 21.6. The van der Waals surface area contributed by atoms with Crippen LogP contribution < -0.4 is 5.73 Å². The molecule has 114 valence electrons. The van der Waals surface area contributed by atoms with E-state index in [0.717, 1.165) is 0 Å². The van der Waals surface area contributed by atoms with E-state index in [1.165, 1.54) is 17.0 Å². The lowest BCUT2D eigenvalue weighted by molar-refractivity contribution is -0.148. The largest absolute Gasteiger partial charge is 0.479 e. The maximum atomic E-state index is 12.6. The average Bonchev–Trinajstić information content (AvgIpc) is 2.88. The van der Waals surface area contributed by atoms with Gasteiger partial charge < -0.3 is 15.7 Å².